The Balaban J connectivity index is 1.91. The molecule has 0 spiro atoms. The Hall–Kier alpha value is -1.66. The summed E-state index contributed by atoms with van der Waals surface area (Å²) in [6.45, 7) is 0. The minimum absolute atomic E-state index is 0.109. The van der Waals surface area contributed by atoms with Gasteiger partial charge in [-0.1, -0.05) is 17.8 Å². The smallest absolute Gasteiger partial charge is 0.177 e. The van der Waals surface area contributed by atoms with Gasteiger partial charge in [0.25, 0.3) is 0 Å². The Labute approximate surface area is 119 Å². The van der Waals surface area contributed by atoms with Gasteiger partial charge in [-0.2, -0.15) is 0 Å². The lowest BCUT2D eigenvalue weighted by Gasteiger charge is -2.07. The van der Waals surface area contributed by atoms with E-state index in [-0.39, 0.29) is 10.8 Å². The van der Waals surface area contributed by atoms with Crippen LogP contribution in [0.3, 0.4) is 0 Å². The van der Waals surface area contributed by atoms with E-state index >= 15 is 0 Å². The maximum absolute atomic E-state index is 13.7. The number of hydrogen-bond donors (Lipinski definition) is 2. The fourth-order valence-corrected chi connectivity index (χ4v) is 3.20. The summed E-state index contributed by atoms with van der Waals surface area (Å²) >= 11 is 1.17. The van der Waals surface area contributed by atoms with Crippen molar-refractivity contribution in [1.82, 2.24) is 4.98 Å². The SMILES string of the molecule is NNc1nc(Sc2ccc3c(c2)CCC3)c(F)cc1F. The molecule has 0 amide bonds. The zero-order valence-corrected chi connectivity index (χ0v) is 11.4. The second-order valence-corrected chi connectivity index (χ2v) is 5.70. The molecule has 0 bridgehead atoms. The molecular weight excluding hydrogens is 280 g/mol. The zero-order valence-electron chi connectivity index (χ0n) is 10.6. The Bertz CT molecular complexity index is 661. The number of fused-ring (bicyclic) bond motifs is 1. The second-order valence-electron chi connectivity index (χ2n) is 4.64. The Kier molecular flexibility index (Phi) is 3.58. The van der Waals surface area contributed by atoms with Crippen molar-refractivity contribution in [3.8, 4) is 0 Å². The number of anilines is 1. The van der Waals surface area contributed by atoms with E-state index in [4.69, 9.17) is 5.84 Å². The van der Waals surface area contributed by atoms with Gasteiger partial charge in [0.1, 0.15) is 5.03 Å². The molecule has 20 heavy (non-hydrogen) atoms. The maximum Gasteiger partial charge on any atom is 0.177 e. The first-order valence-electron chi connectivity index (χ1n) is 6.29. The molecule has 104 valence electrons. The van der Waals surface area contributed by atoms with E-state index in [0.717, 1.165) is 30.2 Å². The van der Waals surface area contributed by atoms with E-state index in [0.29, 0.717) is 0 Å². The molecule has 0 atom stereocenters. The number of nitrogens with zero attached hydrogens (tertiary/aromatic N) is 1. The van der Waals surface area contributed by atoms with Crippen LogP contribution in [-0.2, 0) is 12.8 Å². The summed E-state index contributed by atoms with van der Waals surface area (Å²) in [4.78, 5) is 4.75. The van der Waals surface area contributed by atoms with Gasteiger partial charge in [-0.25, -0.2) is 19.6 Å². The normalized spacial score (nSPS) is 13.3. The monoisotopic (exact) mass is 293 g/mol. The highest BCUT2D eigenvalue weighted by atomic mass is 32.2. The lowest BCUT2D eigenvalue weighted by Crippen LogP contribution is -2.11. The quantitative estimate of drug-likeness (QED) is 0.673. The summed E-state index contributed by atoms with van der Waals surface area (Å²) in [6, 6.07) is 6.84. The van der Waals surface area contributed by atoms with E-state index in [1.54, 1.807) is 0 Å². The number of aromatic nitrogens is 1. The van der Waals surface area contributed by atoms with Crippen molar-refractivity contribution in [3.05, 3.63) is 47.0 Å². The fraction of sp³-hybridized carbons (Fsp3) is 0.214. The lowest BCUT2D eigenvalue weighted by molar-refractivity contribution is 0.551. The van der Waals surface area contributed by atoms with E-state index in [9.17, 15) is 8.78 Å². The van der Waals surface area contributed by atoms with Gasteiger partial charge in [0, 0.05) is 11.0 Å². The maximum atomic E-state index is 13.7. The van der Waals surface area contributed by atoms with Crippen LogP contribution in [0.15, 0.2) is 34.2 Å². The summed E-state index contributed by atoms with van der Waals surface area (Å²) in [5.74, 6) is 3.50. The number of benzene rings is 1. The largest absolute Gasteiger partial charge is 0.306 e. The number of nitrogen functional groups attached to an aromatic ring is 1. The van der Waals surface area contributed by atoms with Gasteiger partial charge in [-0.15, -0.1) is 0 Å². The van der Waals surface area contributed by atoms with Crippen LogP contribution in [0.4, 0.5) is 14.6 Å². The van der Waals surface area contributed by atoms with Crippen molar-refractivity contribution < 1.29 is 8.78 Å². The molecule has 1 aromatic heterocycles. The average molecular weight is 293 g/mol. The highest BCUT2D eigenvalue weighted by Crippen LogP contribution is 2.33. The molecule has 1 aliphatic rings. The summed E-state index contributed by atoms with van der Waals surface area (Å²) < 4.78 is 27.0. The van der Waals surface area contributed by atoms with Crippen LogP contribution in [0.5, 0.6) is 0 Å². The van der Waals surface area contributed by atoms with Gasteiger partial charge in [0.2, 0.25) is 0 Å². The molecule has 0 radical (unpaired) electrons. The molecule has 3 N–H and O–H groups in total. The van der Waals surface area contributed by atoms with E-state index in [1.807, 2.05) is 12.1 Å². The highest BCUT2D eigenvalue weighted by Gasteiger charge is 2.15. The minimum atomic E-state index is -0.802. The third-order valence-electron chi connectivity index (χ3n) is 3.32. The van der Waals surface area contributed by atoms with Gasteiger partial charge < -0.3 is 5.43 Å². The van der Waals surface area contributed by atoms with Crippen molar-refractivity contribution in [3.63, 3.8) is 0 Å². The van der Waals surface area contributed by atoms with Gasteiger partial charge in [-0.3, -0.25) is 0 Å². The van der Waals surface area contributed by atoms with Gasteiger partial charge in [0.15, 0.2) is 17.5 Å². The Morgan fingerprint density at radius 1 is 1.10 bits per heavy atom. The second kappa shape index (κ2) is 5.38. The number of halogens is 2. The van der Waals surface area contributed by atoms with Crippen molar-refractivity contribution in [2.75, 3.05) is 5.43 Å². The standard InChI is InChI=1S/C14H13F2N3S/c15-11-7-12(16)14(18-13(11)19-17)20-10-5-4-8-2-1-3-9(8)6-10/h4-7H,1-3,17H2,(H,18,19). The van der Waals surface area contributed by atoms with E-state index in [1.165, 1.54) is 22.9 Å². The van der Waals surface area contributed by atoms with E-state index < -0.39 is 11.6 Å². The first-order valence-corrected chi connectivity index (χ1v) is 7.11. The molecule has 1 aliphatic carbocycles. The van der Waals surface area contributed by atoms with Crippen molar-refractivity contribution >= 4 is 17.6 Å². The first kappa shape index (κ1) is 13.3. The number of aryl methyl sites for hydroxylation is 2. The zero-order chi connectivity index (χ0) is 14.1. The molecule has 0 saturated heterocycles. The van der Waals surface area contributed by atoms with Crippen molar-refractivity contribution in [1.29, 1.82) is 0 Å². The van der Waals surface area contributed by atoms with Crippen LogP contribution in [0, 0.1) is 11.6 Å². The molecule has 0 unspecified atom stereocenters. The Morgan fingerprint density at radius 2 is 1.90 bits per heavy atom. The number of nitrogens with one attached hydrogen (secondary N) is 1. The van der Waals surface area contributed by atoms with Crippen LogP contribution in [0.25, 0.3) is 0 Å². The molecule has 3 nitrogen and oxygen atoms in total. The third kappa shape index (κ3) is 2.48. The van der Waals surface area contributed by atoms with Crippen LogP contribution in [0.1, 0.15) is 17.5 Å². The molecule has 1 heterocycles. The molecule has 0 saturated carbocycles. The highest BCUT2D eigenvalue weighted by molar-refractivity contribution is 7.99. The Morgan fingerprint density at radius 3 is 2.70 bits per heavy atom. The van der Waals surface area contributed by atoms with Crippen molar-refractivity contribution in [2.24, 2.45) is 5.84 Å². The van der Waals surface area contributed by atoms with E-state index in [2.05, 4.69) is 16.5 Å². The molecule has 0 fully saturated rings. The molecule has 2 aromatic rings. The predicted molar refractivity (Wildman–Crippen MR) is 74.6 cm³/mol. The number of rotatable bonds is 3. The first-order chi connectivity index (χ1) is 9.67. The number of hydrazine groups is 1. The number of pyridine rings is 1. The average Bonchev–Trinajstić information content (AvgIpc) is 2.89. The van der Waals surface area contributed by atoms with Crippen LogP contribution in [0.2, 0.25) is 0 Å². The van der Waals surface area contributed by atoms with Crippen LogP contribution >= 0.6 is 11.8 Å². The van der Waals surface area contributed by atoms with Gasteiger partial charge >= 0.3 is 0 Å². The van der Waals surface area contributed by atoms with Gasteiger partial charge in [0.05, 0.1) is 0 Å². The number of nitrogens with two attached hydrogens (primary N) is 1. The number of hydrogen-bond acceptors (Lipinski definition) is 4. The molecular formula is C14H13F2N3S. The fourth-order valence-electron chi connectivity index (χ4n) is 2.35. The molecule has 6 heteroatoms. The molecule has 1 aromatic carbocycles. The van der Waals surface area contributed by atoms with Crippen LogP contribution in [-0.4, -0.2) is 4.98 Å². The van der Waals surface area contributed by atoms with Crippen LogP contribution < -0.4 is 11.3 Å². The summed E-state index contributed by atoms with van der Waals surface area (Å²) in [5.41, 5.74) is 4.78. The molecule has 0 aliphatic heterocycles. The lowest BCUT2D eigenvalue weighted by atomic mass is 10.1. The summed E-state index contributed by atoms with van der Waals surface area (Å²) in [7, 11) is 0. The predicted octanol–water partition coefficient (Wildman–Crippen LogP) is 3.29. The molecule has 3 rings (SSSR count). The van der Waals surface area contributed by atoms with Crippen molar-refractivity contribution in [2.45, 2.75) is 29.2 Å². The third-order valence-corrected chi connectivity index (χ3v) is 4.29. The summed E-state index contributed by atoms with van der Waals surface area (Å²) in [6.07, 6.45) is 3.32. The summed E-state index contributed by atoms with van der Waals surface area (Å²) in [5, 5.41) is 0.109. The van der Waals surface area contributed by atoms with Gasteiger partial charge in [-0.05, 0) is 42.5 Å². The minimum Gasteiger partial charge on any atom is -0.306 e. The topological polar surface area (TPSA) is 50.9 Å².